The van der Waals surface area contributed by atoms with E-state index in [-0.39, 0.29) is 0 Å². The van der Waals surface area contributed by atoms with Gasteiger partial charge in [-0.2, -0.15) is 0 Å². The van der Waals surface area contributed by atoms with Crippen LogP contribution in [-0.2, 0) is 11.3 Å². The van der Waals surface area contributed by atoms with Crippen molar-refractivity contribution in [3.63, 3.8) is 0 Å². The summed E-state index contributed by atoms with van der Waals surface area (Å²) in [7, 11) is 0. The van der Waals surface area contributed by atoms with E-state index in [0.717, 1.165) is 0 Å². The van der Waals surface area contributed by atoms with Crippen LogP contribution in [0.3, 0.4) is 0 Å². The minimum absolute atomic E-state index is 0.637. The van der Waals surface area contributed by atoms with Gasteiger partial charge in [0.05, 0.1) is 13.2 Å². The van der Waals surface area contributed by atoms with Crippen LogP contribution in [0.25, 0.3) is 0 Å². The molecule has 0 aromatic heterocycles. The molecule has 0 unspecified atom stereocenters. The Bertz CT molecular complexity index is 221. The number of benzene rings is 1. The van der Waals surface area contributed by atoms with Crippen LogP contribution in [0, 0.1) is 5.41 Å². The molecule has 0 spiro atoms. The molecule has 0 aliphatic rings. The van der Waals surface area contributed by atoms with E-state index in [0.29, 0.717) is 19.6 Å². The van der Waals surface area contributed by atoms with E-state index in [4.69, 9.17) is 10.1 Å². The van der Waals surface area contributed by atoms with Crippen molar-refractivity contribution in [2.45, 2.75) is 13.0 Å². The number of rotatable bonds is 5. The zero-order valence-electron chi connectivity index (χ0n) is 6.99. The van der Waals surface area contributed by atoms with Crippen molar-refractivity contribution in [1.82, 2.24) is 0 Å². The van der Waals surface area contributed by atoms with Gasteiger partial charge in [-0.15, -0.1) is 0 Å². The van der Waals surface area contributed by atoms with Gasteiger partial charge in [0.25, 0.3) is 0 Å². The second kappa shape index (κ2) is 5.49. The molecule has 2 heteroatoms. The van der Waals surface area contributed by atoms with E-state index in [1.807, 2.05) is 30.3 Å². The molecule has 12 heavy (non-hydrogen) atoms. The van der Waals surface area contributed by atoms with Crippen molar-refractivity contribution >= 4 is 6.21 Å². The Morgan fingerprint density at radius 2 is 2.00 bits per heavy atom. The molecule has 0 aliphatic carbocycles. The van der Waals surface area contributed by atoms with Crippen molar-refractivity contribution in [2.24, 2.45) is 0 Å². The number of hydrogen-bond donors (Lipinski definition) is 1. The summed E-state index contributed by atoms with van der Waals surface area (Å²) in [6, 6.07) is 10.0. The molecule has 0 amide bonds. The van der Waals surface area contributed by atoms with E-state index < -0.39 is 0 Å². The lowest BCUT2D eigenvalue weighted by Gasteiger charge is -2.01. The van der Waals surface area contributed by atoms with Gasteiger partial charge >= 0.3 is 0 Å². The molecule has 0 heterocycles. The average molecular weight is 163 g/mol. The van der Waals surface area contributed by atoms with Crippen molar-refractivity contribution in [3.05, 3.63) is 35.9 Å². The van der Waals surface area contributed by atoms with Gasteiger partial charge in [0.1, 0.15) is 0 Å². The van der Waals surface area contributed by atoms with Crippen LogP contribution in [0.2, 0.25) is 0 Å². The van der Waals surface area contributed by atoms with Crippen molar-refractivity contribution in [2.75, 3.05) is 6.61 Å². The molecule has 1 N–H and O–H groups in total. The first-order chi connectivity index (χ1) is 5.93. The first kappa shape index (κ1) is 8.94. The number of hydrogen-bond acceptors (Lipinski definition) is 2. The summed E-state index contributed by atoms with van der Waals surface area (Å²) in [6.45, 7) is 1.28. The molecule has 0 radical (unpaired) electrons. The predicted molar refractivity (Wildman–Crippen MR) is 49.5 cm³/mol. The molecule has 0 atom stereocenters. The highest BCUT2D eigenvalue weighted by Gasteiger charge is 1.89. The van der Waals surface area contributed by atoms with E-state index in [1.54, 1.807) is 0 Å². The van der Waals surface area contributed by atoms with Crippen molar-refractivity contribution in [1.29, 1.82) is 5.41 Å². The Morgan fingerprint density at radius 1 is 1.25 bits per heavy atom. The Hall–Kier alpha value is -1.15. The third-order valence-corrected chi connectivity index (χ3v) is 1.52. The Labute approximate surface area is 72.7 Å². The minimum atomic E-state index is 0.637. The molecule has 0 bridgehead atoms. The van der Waals surface area contributed by atoms with Gasteiger partial charge in [-0.1, -0.05) is 30.3 Å². The Kier molecular flexibility index (Phi) is 4.09. The third kappa shape index (κ3) is 3.30. The van der Waals surface area contributed by atoms with Gasteiger partial charge in [0, 0.05) is 6.42 Å². The molecule has 0 saturated carbocycles. The quantitative estimate of drug-likeness (QED) is 0.524. The topological polar surface area (TPSA) is 33.1 Å². The lowest BCUT2D eigenvalue weighted by Crippen LogP contribution is -1.95. The molecule has 0 saturated heterocycles. The molecule has 64 valence electrons. The first-order valence-corrected chi connectivity index (χ1v) is 4.04. The maximum atomic E-state index is 6.78. The van der Waals surface area contributed by atoms with Crippen LogP contribution in [0.1, 0.15) is 12.0 Å². The summed E-state index contributed by atoms with van der Waals surface area (Å²) >= 11 is 0. The highest BCUT2D eigenvalue weighted by atomic mass is 16.5. The number of nitrogens with one attached hydrogen (secondary N) is 1. The van der Waals surface area contributed by atoms with Crippen LogP contribution in [0.15, 0.2) is 30.3 Å². The first-order valence-electron chi connectivity index (χ1n) is 4.04. The summed E-state index contributed by atoms with van der Waals surface area (Å²) in [5.41, 5.74) is 1.18. The summed E-state index contributed by atoms with van der Waals surface area (Å²) in [5, 5.41) is 6.78. The van der Waals surface area contributed by atoms with E-state index in [1.165, 1.54) is 11.8 Å². The lowest BCUT2D eigenvalue weighted by atomic mass is 10.2. The zero-order chi connectivity index (χ0) is 8.65. The molecule has 1 rings (SSSR count). The lowest BCUT2D eigenvalue weighted by molar-refractivity contribution is 0.128. The van der Waals surface area contributed by atoms with Gasteiger partial charge in [-0.25, -0.2) is 0 Å². The fraction of sp³-hybridized carbons (Fsp3) is 0.300. The Balaban J connectivity index is 2.20. The van der Waals surface area contributed by atoms with Gasteiger partial charge in [-0.3, -0.25) is 0 Å². The second-order valence-corrected chi connectivity index (χ2v) is 2.53. The summed E-state index contributed by atoms with van der Waals surface area (Å²) < 4.78 is 5.31. The third-order valence-electron chi connectivity index (χ3n) is 1.52. The maximum absolute atomic E-state index is 6.78. The smallest absolute Gasteiger partial charge is 0.0717 e. The van der Waals surface area contributed by atoms with E-state index in [2.05, 4.69) is 0 Å². The van der Waals surface area contributed by atoms with Crippen LogP contribution < -0.4 is 0 Å². The SMILES string of the molecule is N=CCCOCc1ccccc1. The van der Waals surface area contributed by atoms with Crippen LogP contribution >= 0.6 is 0 Å². The Morgan fingerprint density at radius 3 is 2.67 bits per heavy atom. The van der Waals surface area contributed by atoms with Gasteiger partial charge < -0.3 is 10.1 Å². The van der Waals surface area contributed by atoms with Gasteiger partial charge in [0.15, 0.2) is 0 Å². The maximum Gasteiger partial charge on any atom is 0.0717 e. The molecular weight excluding hydrogens is 150 g/mol. The molecule has 0 fully saturated rings. The highest BCUT2D eigenvalue weighted by molar-refractivity contribution is 5.52. The highest BCUT2D eigenvalue weighted by Crippen LogP contribution is 1.99. The van der Waals surface area contributed by atoms with Gasteiger partial charge in [0.2, 0.25) is 0 Å². The van der Waals surface area contributed by atoms with Crippen LogP contribution in [-0.4, -0.2) is 12.8 Å². The average Bonchev–Trinajstić information content (AvgIpc) is 2.14. The monoisotopic (exact) mass is 163 g/mol. The largest absolute Gasteiger partial charge is 0.376 e. The zero-order valence-corrected chi connectivity index (χ0v) is 6.99. The van der Waals surface area contributed by atoms with Crippen molar-refractivity contribution < 1.29 is 4.74 Å². The van der Waals surface area contributed by atoms with Crippen LogP contribution in [0.4, 0.5) is 0 Å². The predicted octanol–water partition coefficient (Wildman–Crippen LogP) is 2.24. The molecular formula is C10H13NO. The molecule has 1 aromatic rings. The fourth-order valence-electron chi connectivity index (χ4n) is 0.907. The van der Waals surface area contributed by atoms with E-state index >= 15 is 0 Å². The van der Waals surface area contributed by atoms with Gasteiger partial charge in [-0.05, 0) is 11.8 Å². The van der Waals surface area contributed by atoms with Crippen LogP contribution in [0.5, 0.6) is 0 Å². The number of ether oxygens (including phenoxy) is 1. The normalized spacial score (nSPS) is 9.67. The standard InChI is InChI=1S/C10H13NO/c11-7-4-8-12-9-10-5-2-1-3-6-10/h1-3,5-7,11H,4,8-9H2. The molecule has 1 aromatic carbocycles. The fourth-order valence-corrected chi connectivity index (χ4v) is 0.907. The summed E-state index contributed by atoms with van der Waals surface area (Å²) in [4.78, 5) is 0. The summed E-state index contributed by atoms with van der Waals surface area (Å²) in [5.74, 6) is 0. The summed E-state index contributed by atoms with van der Waals surface area (Å²) in [6.07, 6.45) is 2.07. The van der Waals surface area contributed by atoms with Crippen molar-refractivity contribution in [3.8, 4) is 0 Å². The van der Waals surface area contributed by atoms with E-state index in [9.17, 15) is 0 Å². The molecule has 0 aliphatic heterocycles. The second-order valence-electron chi connectivity index (χ2n) is 2.53. The molecule has 2 nitrogen and oxygen atoms in total. The minimum Gasteiger partial charge on any atom is -0.376 e.